The molecular formula is C34H54N8O2+2. The Morgan fingerprint density at radius 1 is 0.795 bits per heavy atom. The number of aromatic nitrogens is 1. The molecular weight excluding hydrogens is 552 g/mol. The molecule has 0 unspecified atom stereocenters. The monoisotopic (exact) mass is 606 g/mol. The number of likely N-dealkylation sites (N-methyl/N-ethyl adjacent to an activating group) is 2. The Kier molecular flexibility index (Phi) is 13.2. The first-order valence-electron chi connectivity index (χ1n) is 15.7. The number of carbonyl (C=O) groups excluding carboxylic acids is 2. The fraction of sp³-hybridized carbons (Fsp3) is 0.500. The van der Waals surface area contributed by atoms with Crippen LogP contribution in [0.15, 0.2) is 66.9 Å². The second-order valence-electron chi connectivity index (χ2n) is 13.2. The first-order valence-corrected chi connectivity index (χ1v) is 15.7. The molecule has 2 amide bonds. The number of fused-ring (bicyclic) bond motifs is 1. The van der Waals surface area contributed by atoms with Crippen LogP contribution in [0.25, 0.3) is 10.9 Å². The molecule has 10 heteroatoms. The van der Waals surface area contributed by atoms with Crippen LogP contribution in [-0.4, -0.2) is 105 Å². The van der Waals surface area contributed by atoms with E-state index in [0.29, 0.717) is 31.6 Å². The molecule has 8 N–H and O–H groups in total. The van der Waals surface area contributed by atoms with Crippen molar-refractivity contribution in [2.24, 2.45) is 23.1 Å². The van der Waals surface area contributed by atoms with Crippen molar-refractivity contribution in [3.63, 3.8) is 0 Å². The van der Waals surface area contributed by atoms with E-state index in [9.17, 15) is 9.59 Å². The van der Waals surface area contributed by atoms with Gasteiger partial charge in [-0.3, -0.25) is 14.6 Å². The van der Waals surface area contributed by atoms with Crippen LogP contribution in [0.2, 0.25) is 0 Å². The second kappa shape index (κ2) is 16.6. The van der Waals surface area contributed by atoms with E-state index in [1.807, 2.05) is 60.7 Å². The van der Waals surface area contributed by atoms with Gasteiger partial charge in [-0.25, -0.2) is 0 Å². The maximum absolute atomic E-state index is 13.8. The summed E-state index contributed by atoms with van der Waals surface area (Å²) in [5.74, 6) is -0.674. The molecule has 0 aliphatic carbocycles. The number of amides is 2. The average Bonchev–Trinajstić information content (AvgIpc) is 2.99. The standard InChI is InChI=1S/C34H52N8O2/c1-41(2,22-18-35)20-16-27(17-21-42(3,4)23-19-36)32(37)34(44)40-31(15-14-26-10-6-5-7-11-26)33(43)39-29-24-28-12-8-9-13-30(28)38-25-29/h5-13,24-25,27,31-32H,14-23,35-37H2,1-4H3/p+2/t31-,32-/m0/s1. The van der Waals surface area contributed by atoms with E-state index in [2.05, 4.69) is 43.8 Å². The fourth-order valence-corrected chi connectivity index (χ4v) is 5.53. The number of nitrogens with one attached hydrogen (secondary N) is 2. The number of benzene rings is 2. The summed E-state index contributed by atoms with van der Waals surface area (Å²) in [6.07, 6.45) is 4.24. The van der Waals surface area contributed by atoms with E-state index in [-0.39, 0.29) is 17.7 Å². The third kappa shape index (κ3) is 11.3. The van der Waals surface area contributed by atoms with Crippen LogP contribution < -0.4 is 27.8 Å². The highest BCUT2D eigenvalue weighted by Gasteiger charge is 2.32. The Balaban J connectivity index is 1.77. The van der Waals surface area contributed by atoms with Gasteiger partial charge in [0.15, 0.2) is 0 Å². The zero-order valence-corrected chi connectivity index (χ0v) is 27.0. The van der Waals surface area contributed by atoms with Gasteiger partial charge in [-0.2, -0.15) is 0 Å². The molecule has 10 nitrogen and oxygen atoms in total. The lowest BCUT2D eigenvalue weighted by Crippen LogP contribution is -2.54. The van der Waals surface area contributed by atoms with E-state index in [1.165, 1.54) is 0 Å². The summed E-state index contributed by atoms with van der Waals surface area (Å²) in [7, 11) is 8.59. The number of rotatable bonds is 18. The molecule has 0 radical (unpaired) electrons. The van der Waals surface area contributed by atoms with Crippen LogP contribution in [0.1, 0.15) is 24.8 Å². The third-order valence-electron chi connectivity index (χ3n) is 8.55. The second-order valence-corrected chi connectivity index (χ2v) is 13.2. The Labute approximate surface area is 263 Å². The number of nitrogens with two attached hydrogens (primary N) is 3. The molecule has 2 atom stereocenters. The lowest BCUT2D eigenvalue weighted by molar-refractivity contribution is -0.891. The van der Waals surface area contributed by atoms with E-state index in [0.717, 1.165) is 64.5 Å². The number of hydrogen-bond acceptors (Lipinski definition) is 6. The highest BCUT2D eigenvalue weighted by molar-refractivity contribution is 5.99. The fourth-order valence-electron chi connectivity index (χ4n) is 5.53. The van der Waals surface area contributed by atoms with Gasteiger partial charge in [-0.15, -0.1) is 0 Å². The van der Waals surface area contributed by atoms with E-state index < -0.39 is 12.1 Å². The van der Waals surface area contributed by atoms with Crippen molar-refractivity contribution < 1.29 is 18.6 Å². The summed E-state index contributed by atoms with van der Waals surface area (Å²) in [5.41, 5.74) is 20.9. The first-order chi connectivity index (χ1) is 20.9. The topological polar surface area (TPSA) is 149 Å². The van der Waals surface area contributed by atoms with Gasteiger partial charge in [0.1, 0.15) is 6.04 Å². The van der Waals surface area contributed by atoms with Gasteiger partial charge in [0.2, 0.25) is 11.8 Å². The molecule has 3 aromatic rings. The predicted molar refractivity (Wildman–Crippen MR) is 180 cm³/mol. The molecule has 2 aromatic carbocycles. The highest BCUT2D eigenvalue weighted by Crippen LogP contribution is 2.20. The number of pyridine rings is 1. The summed E-state index contributed by atoms with van der Waals surface area (Å²) < 4.78 is 1.51. The minimum atomic E-state index is -0.769. The highest BCUT2D eigenvalue weighted by atomic mass is 16.2. The quantitative estimate of drug-likeness (QED) is 0.140. The molecule has 0 fully saturated rings. The van der Waals surface area contributed by atoms with Crippen LogP contribution in [0, 0.1) is 5.92 Å². The van der Waals surface area contributed by atoms with Gasteiger partial charge in [0.05, 0.1) is 77.8 Å². The van der Waals surface area contributed by atoms with Crippen LogP contribution >= 0.6 is 0 Å². The number of nitrogens with zero attached hydrogens (tertiary/aromatic N) is 3. The number of para-hydroxylation sites is 1. The Hall–Kier alpha value is -3.41. The summed E-state index contributed by atoms with van der Waals surface area (Å²) in [6, 6.07) is 18.0. The zero-order valence-electron chi connectivity index (χ0n) is 27.0. The molecule has 3 rings (SSSR count). The minimum absolute atomic E-state index is 0.0668. The molecule has 0 saturated carbocycles. The Bertz CT molecular complexity index is 1310. The van der Waals surface area contributed by atoms with Crippen molar-refractivity contribution in [1.29, 1.82) is 0 Å². The van der Waals surface area contributed by atoms with Crippen molar-refractivity contribution >= 4 is 28.4 Å². The molecule has 1 aromatic heterocycles. The maximum Gasteiger partial charge on any atom is 0.247 e. The van der Waals surface area contributed by atoms with E-state index in [4.69, 9.17) is 17.2 Å². The van der Waals surface area contributed by atoms with Crippen molar-refractivity contribution in [3.05, 3.63) is 72.4 Å². The van der Waals surface area contributed by atoms with E-state index >= 15 is 0 Å². The molecule has 0 aliphatic rings. The van der Waals surface area contributed by atoms with Gasteiger partial charge < -0.3 is 36.8 Å². The van der Waals surface area contributed by atoms with Crippen LogP contribution in [0.4, 0.5) is 5.69 Å². The number of carbonyl (C=O) groups is 2. The van der Waals surface area contributed by atoms with Gasteiger partial charge in [0.25, 0.3) is 0 Å². The smallest absolute Gasteiger partial charge is 0.247 e. The van der Waals surface area contributed by atoms with Crippen molar-refractivity contribution in [1.82, 2.24) is 10.3 Å². The van der Waals surface area contributed by atoms with Crippen molar-refractivity contribution in [3.8, 4) is 0 Å². The number of aryl methyl sites for hydroxylation is 1. The van der Waals surface area contributed by atoms with Crippen LogP contribution in [0.5, 0.6) is 0 Å². The number of anilines is 1. The van der Waals surface area contributed by atoms with Gasteiger partial charge in [-0.05, 0) is 36.5 Å². The summed E-state index contributed by atoms with van der Waals surface area (Å²) in [6.45, 7) is 4.56. The average molecular weight is 607 g/mol. The minimum Gasteiger partial charge on any atom is -0.343 e. The summed E-state index contributed by atoms with van der Waals surface area (Å²) in [5, 5.41) is 6.92. The maximum atomic E-state index is 13.8. The zero-order chi connectivity index (χ0) is 32.2. The normalized spacial score (nSPS) is 13.5. The number of hydrogen-bond donors (Lipinski definition) is 5. The lowest BCUT2D eigenvalue weighted by Gasteiger charge is -2.35. The molecule has 44 heavy (non-hydrogen) atoms. The SMILES string of the molecule is C[N+](C)(CCN)CCC(CC[N+](C)(C)CCN)[C@H](N)C(=O)N[C@@H](CCc1ccccc1)C(=O)Nc1cnc2ccccc2c1. The third-order valence-corrected chi connectivity index (χ3v) is 8.55. The largest absolute Gasteiger partial charge is 0.343 e. The van der Waals surface area contributed by atoms with Crippen LogP contribution in [-0.2, 0) is 16.0 Å². The molecule has 1 heterocycles. The summed E-state index contributed by atoms with van der Waals surface area (Å²) >= 11 is 0. The number of quaternary nitrogens is 2. The molecule has 240 valence electrons. The van der Waals surface area contributed by atoms with Gasteiger partial charge in [0, 0.05) is 31.3 Å². The summed E-state index contributed by atoms with van der Waals surface area (Å²) in [4.78, 5) is 31.9. The van der Waals surface area contributed by atoms with Crippen LogP contribution in [0.3, 0.4) is 0 Å². The molecule has 0 bridgehead atoms. The molecule has 0 saturated heterocycles. The molecule has 0 spiro atoms. The van der Waals surface area contributed by atoms with Gasteiger partial charge >= 0.3 is 0 Å². The van der Waals surface area contributed by atoms with E-state index in [1.54, 1.807) is 6.20 Å². The molecule has 0 aliphatic heterocycles. The van der Waals surface area contributed by atoms with Gasteiger partial charge in [-0.1, -0.05) is 48.5 Å². The van der Waals surface area contributed by atoms with Crippen molar-refractivity contribution in [2.75, 3.05) is 72.8 Å². The lowest BCUT2D eigenvalue weighted by atomic mass is 9.91. The Morgan fingerprint density at radius 2 is 1.39 bits per heavy atom. The Morgan fingerprint density at radius 3 is 2.00 bits per heavy atom. The first kappa shape index (κ1) is 35.1. The predicted octanol–water partition coefficient (Wildman–Crippen LogP) is 2.08. The van der Waals surface area contributed by atoms with Crippen molar-refractivity contribution in [2.45, 2.75) is 37.8 Å².